The standard InChI is InChI=1S/C7H12N2O.ClH/c10-6-2-1-3-7-8-4-5-9-7;/h4-5,10H,1-3,6H2,(H,8,9);1H. The number of imidazole rings is 1. The summed E-state index contributed by atoms with van der Waals surface area (Å²) in [6.45, 7) is 0.278. The molecule has 0 unspecified atom stereocenters. The normalized spacial score (nSPS) is 9.18. The van der Waals surface area contributed by atoms with Crippen LogP contribution in [0.15, 0.2) is 12.4 Å². The number of aromatic amines is 1. The van der Waals surface area contributed by atoms with Crippen LogP contribution >= 0.6 is 12.4 Å². The van der Waals surface area contributed by atoms with E-state index < -0.39 is 0 Å². The van der Waals surface area contributed by atoms with E-state index in [1.54, 1.807) is 6.20 Å². The Hall–Kier alpha value is -0.540. The van der Waals surface area contributed by atoms with Crippen LogP contribution in [-0.4, -0.2) is 21.7 Å². The number of aryl methyl sites for hydroxylation is 1. The average Bonchev–Trinajstić information content (AvgIpc) is 2.41. The van der Waals surface area contributed by atoms with Crippen LogP contribution in [-0.2, 0) is 6.42 Å². The number of H-pyrrole nitrogens is 1. The predicted molar refractivity (Wildman–Crippen MR) is 45.9 cm³/mol. The van der Waals surface area contributed by atoms with E-state index in [1.807, 2.05) is 6.20 Å². The van der Waals surface area contributed by atoms with Crippen LogP contribution in [0.25, 0.3) is 0 Å². The Balaban J connectivity index is 0.000001000. The Morgan fingerprint density at radius 1 is 1.45 bits per heavy atom. The van der Waals surface area contributed by atoms with Crippen molar-refractivity contribution in [2.75, 3.05) is 6.61 Å². The van der Waals surface area contributed by atoms with Gasteiger partial charge in [0.25, 0.3) is 0 Å². The third-order valence-corrected chi connectivity index (χ3v) is 1.38. The molecule has 0 bridgehead atoms. The summed E-state index contributed by atoms with van der Waals surface area (Å²) in [5.41, 5.74) is 0. The van der Waals surface area contributed by atoms with Gasteiger partial charge in [-0.15, -0.1) is 12.4 Å². The molecule has 0 aliphatic rings. The largest absolute Gasteiger partial charge is 0.396 e. The van der Waals surface area contributed by atoms with E-state index >= 15 is 0 Å². The van der Waals surface area contributed by atoms with Gasteiger partial charge in [0.15, 0.2) is 0 Å². The molecule has 0 radical (unpaired) electrons. The summed E-state index contributed by atoms with van der Waals surface area (Å²) in [7, 11) is 0. The van der Waals surface area contributed by atoms with E-state index in [0.29, 0.717) is 0 Å². The molecule has 2 N–H and O–H groups in total. The number of halogens is 1. The summed E-state index contributed by atoms with van der Waals surface area (Å²) in [5, 5.41) is 8.46. The molecular weight excluding hydrogens is 164 g/mol. The number of aliphatic hydroxyl groups excluding tert-OH is 1. The smallest absolute Gasteiger partial charge is 0.105 e. The number of hydrogen-bond acceptors (Lipinski definition) is 2. The van der Waals surface area contributed by atoms with Gasteiger partial charge in [0.05, 0.1) is 0 Å². The van der Waals surface area contributed by atoms with Crippen LogP contribution in [0.1, 0.15) is 18.7 Å². The van der Waals surface area contributed by atoms with Crippen LogP contribution < -0.4 is 0 Å². The predicted octanol–water partition coefficient (Wildman–Crippen LogP) is 1.15. The molecule has 11 heavy (non-hydrogen) atoms. The fourth-order valence-electron chi connectivity index (χ4n) is 0.839. The lowest BCUT2D eigenvalue weighted by molar-refractivity contribution is 0.284. The number of unbranched alkanes of at least 4 members (excludes halogenated alkanes) is 1. The summed E-state index contributed by atoms with van der Waals surface area (Å²) in [6.07, 6.45) is 6.36. The molecule has 1 rings (SSSR count). The number of rotatable bonds is 4. The van der Waals surface area contributed by atoms with Gasteiger partial charge >= 0.3 is 0 Å². The minimum Gasteiger partial charge on any atom is -0.396 e. The second-order valence-corrected chi connectivity index (χ2v) is 2.22. The minimum absolute atomic E-state index is 0. The molecule has 0 spiro atoms. The third-order valence-electron chi connectivity index (χ3n) is 1.38. The van der Waals surface area contributed by atoms with E-state index in [0.717, 1.165) is 25.1 Å². The summed E-state index contributed by atoms with van der Waals surface area (Å²) in [6, 6.07) is 0. The van der Waals surface area contributed by atoms with E-state index in [4.69, 9.17) is 5.11 Å². The van der Waals surface area contributed by atoms with Crippen LogP contribution in [0, 0.1) is 0 Å². The second kappa shape index (κ2) is 6.19. The Labute approximate surface area is 72.3 Å². The summed E-state index contributed by atoms with van der Waals surface area (Å²) < 4.78 is 0. The first-order chi connectivity index (χ1) is 4.93. The summed E-state index contributed by atoms with van der Waals surface area (Å²) in [5.74, 6) is 1.01. The minimum atomic E-state index is 0. The first-order valence-electron chi connectivity index (χ1n) is 3.52. The molecule has 4 heteroatoms. The second-order valence-electron chi connectivity index (χ2n) is 2.22. The Bertz CT molecular complexity index is 165. The number of nitrogens with one attached hydrogen (secondary N) is 1. The molecule has 0 atom stereocenters. The van der Waals surface area contributed by atoms with Crippen LogP contribution in [0.3, 0.4) is 0 Å². The lowest BCUT2D eigenvalue weighted by atomic mass is 10.2. The molecule has 0 aliphatic heterocycles. The Morgan fingerprint density at radius 3 is 2.82 bits per heavy atom. The highest BCUT2D eigenvalue weighted by atomic mass is 35.5. The van der Waals surface area contributed by atoms with Crippen molar-refractivity contribution in [3.63, 3.8) is 0 Å². The van der Waals surface area contributed by atoms with Crippen molar-refractivity contribution in [1.82, 2.24) is 9.97 Å². The third kappa shape index (κ3) is 4.01. The molecule has 64 valence electrons. The highest BCUT2D eigenvalue weighted by Crippen LogP contribution is 1.96. The first kappa shape index (κ1) is 10.5. The van der Waals surface area contributed by atoms with E-state index in [2.05, 4.69) is 9.97 Å². The van der Waals surface area contributed by atoms with Gasteiger partial charge in [-0.25, -0.2) is 4.98 Å². The zero-order valence-electron chi connectivity index (χ0n) is 6.29. The van der Waals surface area contributed by atoms with Gasteiger partial charge in [-0.3, -0.25) is 0 Å². The zero-order valence-corrected chi connectivity index (χ0v) is 7.10. The van der Waals surface area contributed by atoms with Crippen molar-refractivity contribution in [2.45, 2.75) is 19.3 Å². The highest BCUT2D eigenvalue weighted by Gasteiger charge is 1.92. The molecule has 0 amide bonds. The van der Waals surface area contributed by atoms with Crippen molar-refractivity contribution in [1.29, 1.82) is 0 Å². The first-order valence-corrected chi connectivity index (χ1v) is 3.52. The maximum absolute atomic E-state index is 8.46. The monoisotopic (exact) mass is 176 g/mol. The van der Waals surface area contributed by atoms with Crippen molar-refractivity contribution in [3.8, 4) is 0 Å². The summed E-state index contributed by atoms with van der Waals surface area (Å²) >= 11 is 0. The number of hydrogen-bond donors (Lipinski definition) is 2. The van der Waals surface area contributed by atoms with Crippen LogP contribution in [0.2, 0.25) is 0 Å². The molecule has 0 fully saturated rings. The molecule has 3 nitrogen and oxygen atoms in total. The molecule has 1 aromatic rings. The topological polar surface area (TPSA) is 48.9 Å². The molecule has 0 aromatic carbocycles. The van der Waals surface area contributed by atoms with Gasteiger partial charge in [-0.1, -0.05) is 0 Å². The molecule has 0 saturated carbocycles. The zero-order chi connectivity index (χ0) is 7.23. The van der Waals surface area contributed by atoms with Gasteiger partial charge in [-0.2, -0.15) is 0 Å². The highest BCUT2D eigenvalue weighted by molar-refractivity contribution is 5.85. The number of aliphatic hydroxyl groups is 1. The van der Waals surface area contributed by atoms with E-state index in [9.17, 15) is 0 Å². The lowest BCUT2D eigenvalue weighted by Crippen LogP contribution is -1.90. The van der Waals surface area contributed by atoms with Gasteiger partial charge in [0.1, 0.15) is 5.82 Å². The van der Waals surface area contributed by atoms with Crippen molar-refractivity contribution in [3.05, 3.63) is 18.2 Å². The lowest BCUT2D eigenvalue weighted by Gasteiger charge is -1.93. The van der Waals surface area contributed by atoms with Crippen molar-refractivity contribution in [2.24, 2.45) is 0 Å². The van der Waals surface area contributed by atoms with E-state index in [1.165, 1.54) is 0 Å². The Kier molecular flexibility index (Phi) is 5.88. The maximum atomic E-state index is 8.46. The van der Waals surface area contributed by atoms with Gasteiger partial charge in [0.2, 0.25) is 0 Å². The van der Waals surface area contributed by atoms with Crippen molar-refractivity contribution < 1.29 is 5.11 Å². The molecule has 0 saturated heterocycles. The maximum Gasteiger partial charge on any atom is 0.105 e. The number of nitrogens with zero attached hydrogens (tertiary/aromatic N) is 1. The van der Waals surface area contributed by atoms with Gasteiger partial charge < -0.3 is 10.1 Å². The molecule has 1 aromatic heterocycles. The number of aromatic nitrogens is 2. The van der Waals surface area contributed by atoms with Crippen LogP contribution in [0.5, 0.6) is 0 Å². The van der Waals surface area contributed by atoms with E-state index in [-0.39, 0.29) is 19.0 Å². The molecule has 1 heterocycles. The van der Waals surface area contributed by atoms with Gasteiger partial charge in [0, 0.05) is 25.4 Å². The average molecular weight is 177 g/mol. The molecule has 0 aliphatic carbocycles. The van der Waals surface area contributed by atoms with Gasteiger partial charge in [-0.05, 0) is 12.8 Å². The SMILES string of the molecule is Cl.OCCCCc1ncc[nH]1. The van der Waals surface area contributed by atoms with Crippen molar-refractivity contribution >= 4 is 12.4 Å². The molecular formula is C7H13ClN2O. The fraction of sp³-hybridized carbons (Fsp3) is 0.571. The quantitative estimate of drug-likeness (QED) is 0.677. The summed E-state index contributed by atoms with van der Waals surface area (Å²) in [4.78, 5) is 7.05. The van der Waals surface area contributed by atoms with Crippen LogP contribution in [0.4, 0.5) is 0 Å². The Morgan fingerprint density at radius 2 is 2.27 bits per heavy atom. The fourth-order valence-corrected chi connectivity index (χ4v) is 0.839.